The van der Waals surface area contributed by atoms with Gasteiger partial charge in [-0.3, -0.25) is 10.1 Å². The molecule has 58 valence electrons. The van der Waals surface area contributed by atoms with Gasteiger partial charge in [0, 0.05) is 10.2 Å². The van der Waals surface area contributed by atoms with Crippen molar-refractivity contribution < 1.29 is 13.4 Å². The van der Waals surface area contributed by atoms with Gasteiger partial charge in [0.15, 0.2) is 0 Å². The van der Waals surface area contributed by atoms with E-state index < -0.39 is 28.8 Å². The summed E-state index contributed by atoms with van der Waals surface area (Å²) in [5.74, 6) is -1.08. The summed E-state index contributed by atoms with van der Waals surface area (Å²) >= 11 is 0. The van der Waals surface area contributed by atoms with E-state index in [1.165, 1.54) is 0 Å². The Balaban J connectivity index is 3.21. The normalized spacial score (nSPS) is 14.8. The van der Waals surface area contributed by atoms with Crippen LogP contribution in [0.1, 0.15) is 9.68 Å². The molecule has 0 N–H and O–H groups in total. The van der Waals surface area contributed by atoms with E-state index in [1.807, 2.05) is 0 Å². The van der Waals surface area contributed by atoms with Crippen molar-refractivity contribution in [3.05, 3.63) is 39.7 Å². The summed E-state index contributed by atoms with van der Waals surface area (Å²) < 4.78 is 33.8. The number of aryl methyl sites for hydroxylation is 1. The van der Waals surface area contributed by atoms with E-state index in [1.54, 1.807) is 0 Å². The number of non-ortho nitro benzene ring substituents is 1. The van der Waals surface area contributed by atoms with E-state index >= 15 is 0 Å². The molecular formula is C7H6FNO2. The Morgan fingerprint density at radius 1 is 1.73 bits per heavy atom. The Labute approximate surface area is 66.8 Å². The van der Waals surface area contributed by atoms with E-state index in [4.69, 9.17) is 4.11 Å². The van der Waals surface area contributed by atoms with Crippen LogP contribution in [0, 0.1) is 22.8 Å². The molecule has 3 nitrogen and oxygen atoms in total. The molecular weight excluding hydrogens is 149 g/mol. The highest BCUT2D eigenvalue weighted by atomic mass is 19.1. The fourth-order valence-corrected chi connectivity index (χ4v) is 0.618. The number of rotatable bonds is 1. The maximum Gasteiger partial charge on any atom is 0.272 e. The van der Waals surface area contributed by atoms with E-state index in [9.17, 15) is 14.5 Å². The van der Waals surface area contributed by atoms with Gasteiger partial charge in [-0.15, -0.1) is 0 Å². The van der Waals surface area contributed by atoms with Crippen LogP contribution in [-0.2, 0) is 0 Å². The molecule has 0 heterocycles. The van der Waals surface area contributed by atoms with Gasteiger partial charge in [-0.25, -0.2) is 4.39 Å². The molecule has 0 bridgehead atoms. The number of hydrogen-bond donors (Lipinski definition) is 0. The third kappa shape index (κ3) is 1.52. The first-order valence-electron chi connectivity index (χ1n) is 4.27. The van der Waals surface area contributed by atoms with Crippen molar-refractivity contribution in [1.82, 2.24) is 0 Å². The maximum atomic E-state index is 13.0. The van der Waals surface area contributed by atoms with E-state index in [2.05, 4.69) is 0 Å². The first kappa shape index (κ1) is 4.43. The molecule has 0 fully saturated rings. The fraction of sp³-hybridized carbons (Fsp3) is 0.143. The van der Waals surface area contributed by atoms with Crippen molar-refractivity contribution in [2.75, 3.05) is 0 Å². The smallest absolute Gasteiger partial charge is 0.258 e. The number of nitro benzene ring substituents is 1. The van der Waals surface area contributed by atoms with E-state index in [0.29, 0.717) is 6.07 Å². The molecule has 0 aromatic heterocycles. The Morgan fingerprint density at radius 3 is 2.91 bits per heavy atom. The summed E-state index contributed by atoms with van der Waals surface area (Å²) in [6.07, 6.45) is 0. The molecule has 0 saturated heterocycles. The lowest BCUT2D eigenvalue weighted by Crippen LogP contribution is -1.89. The van der Waals surface area contributed by atoms with Gasteiger partial charge in [-0.2, -0.15) is 0 Å². The average Bonchev–Trinajstić information content (AvgIpc) is 2.01. The van der Waals surface area contributed by atoms with Gasteiger partial charge in [-0.1, -0.05) is 0 Å². The predicted octanol–water partition coefficient (Wildman–Crippen LogP) is 2.04. The molecule has 0 amide bonds. The van der Waals surface area contributed by atoms with Gasteiger partial charge in [0.05, 0.1) is 11.0 Å². The number of hydrogen-bond acceptors (Lipinski definition) is 2. The van der Waals surface area contributed by atoms with Crippen LogP contribution in [0.2, 0.25) is 0 Å². The molecule has 1 rings (SSSR count). The number of nitrogens with zero attached hydrogens (tertiary/aromatic N) is 1. The molecule has 0 aliphatic carbocycles. The topological polar surface area (TPSA) is 43.1 Å². The maximum absolute atomic E-state index is 13.0. The summed E-state index contributed by atoms with van der Waals surface area (Å²) in [5.41, 5.74) is -0.974. The third-order valence-corrected chi connectivity index (χ3v) is 1.16. The number of benzene rings is 1. The monoisotopic (exact) mass is 158 g/mol. The molecule has 1 aromatic carbocycles. The lowest BCUT2D eigenvalue weighted by atomic mass is 10.2. The van der Waals surface area contributed by atoms with Crippen molar-refractivity contribution >= 4 is 5.69 Å². The van der Waals surface area contributed by atoms with Gasteiger partial charge in [0.1, 0.15) is 5.82 Å². The lowest BCUT2D eigenvalue weighted by molar-refractivity contribution is -0.385. The Hall–Kier alpha value is -1.45. The summed E-state index contributed by atoms with van der Waals surface area (Å²) in [5, 5.41) is 10.2. The molecule has 4 heteroatoms. The fourth-order valence-electron chi connectivity index (χ4n) is 0.618. The van der Waals surface area contributed by atoms with Gasteiger partial charge in [0.2, 0.25) is 0 Å². The van der Waals surface area contributed by atoms with Gasteiger partial charge < -0.3 is 0 Å². The zero-order valence-corrected chi connectivity index (χ0v) is 5.37. The number of halogens is 1. The van der Waals surface area contributed by atoms with Crippen LogP contribution in [0.5, 0.6) is 0 Å². The second-order valence-corrected chi connectivity index (χ2v) is 1.92. The summed E-state index contributed by atoms with van der Waals surface area (Å²) in [7, 11) is 0. The Morgan fingerprint density at radius 2 is 2.45 bits per heavy atom. The van der Waals surface area contributed by atoms with Crippen LogP contribution >= 0.6 is 0 Å². The molecule has 0 radical (unpaired) electrons. The quantitative estimate of drug-likeness (QED) is 0.463. The van der Waals surface area contributed by atoms with Crippen LogP contribution in [0.3, 0.4) is 0 Å². The molecule has 0 unspecified atom stereocenters. The van der Waals surface area contributed by atoms with Crippen molar-refractivity contribution in [2.45, 2.75) is 6.85 Å². The zero-order chi connectivity index (χ0) is 10.9. The molecule has 1 aromatic rings. The molecule has 0 aliphatic rings. The van der Waals surface area contributed by atoms with Crippen molar-refractivity contribution in [3.63, 3.8) is 0 Å². The highest BCUT2D eigenvalue weighted by Crippen LogP contribution is 2.14. The number of nitro groups is 1. The minimum absolute atomic E-state index is 0.462. The molecule has 0 spiro atoms. The van der Waals surface area contributed by atoms with Gasteiger partial charge in [0.25, 0.3) is 5.69 Å². The van der Waals surface area contributed by atoms with Gasteiger partial charge >= 0.3 is 0 Å². The second kappa shape index (κ2) is 2.65. The van der Waals surface area contributed by atoms with Crippen LogP contribution in [0.15, 0.2) is 18.2 Å². The Bertz CT molecular complexity index is 378. The average molecular weight is 158 g/mol. The minimum atomic E-state index is -2.58. The molecule has 0 atom stereocenters. The Kier molecular flexibility index (Phi) is 1.07. The highest BCUT2D eigenvalue weighted by Gasteiger charge is 2.06. The van der Waals surface area contributed by atoms with Crippen LogP contribution in [0.4, 0.5) is 10.1 Å². The third-order valence-electron chi connectivity index (χ3n) is 1.16. The summed E-state index contributed by atoms with van der Waals surface area (Å²) in [6, 6.07) is 2.47. The standard InChI is InChI=1S/C7H6FNO2/c1-5-2-3-6(9(10)11)4-7(5)8/h2-4H,1H3/i1D3. The molecule has 0 aliphatic heterocycles. The SMILES string of the molecule is [2H]C([2H])([2H])c1ccc([N+](=O)[O-])cc1F. The molecule has 11 heavy (non-hydrogen) atoms. The van der Waals surface area contributed by atoms with Crippen LogP contribution < -0.4 is 0 Å². The second-order valence-electron chi connectivity index (χ2n) is 1.92. The lowest BCUT2D eigenvalue weighted by Gasteiger charge is -1.93. The summed E-state index contributed by atoms with van der Waals surface area (Å²) in [4.78, 5) is 9.43. The van der Waals surface area contributed by atoms with E-state index in [0.717, 1.165) is 12.1 Å². The van der Waals surface area contributed by atoms with Crippen LogP contribution in [0.25, 0.3) is 0 Å². The molecule has 0 saturated carbocycles. The van der Waals surface area contributed by atoms with Crippen molar-refractivity contribution in [1.29, 1.82) is 0 Å². The first-order valence-corrected chi connectivity index (χ1v) is 2.77. The van der Waals surface area contributed by atoms with Crippen LogP contribution in [-0.4, -0.2) is 4.92 Å². The zero-order valence-electron chi connectivity index (χ0n) is 8.37. The first-order chi connectivity index (χ1) is 6.32. The van der Waals surface area contributed by atoms with Crippen molar-refractivity contribution in [2.24, 2.45) is 0 Å². The predicted molar refractivity (Wildman–Crippen MR) is 37.8 cm³/mol. The minimum Gasteiger partial charge on any atom is -0.258 e. The van der Waals surface area contributed by atoms with Gasteiger partial charge in [-0.05, 0) is 18.5 Å². The largest absolute Gasteiger partial charge is 0.272 e. The highest BCUT2D eigenvalue weighted by molar-refractivity contribution is 5.33. The van der Waals surface area contributed by atoms with Crippen molar-refractivity contribution in [3.8, 4) is 0 Å². The van der Waals surface area contributed by atoms with E-state index in [-0.39, 0.29) is 0 Å². The summed E-state index contributed by atoms with van der Waals surface area (Å²) in [6.45, 7) is -2.58.